The van der Waals surface area contributed by atoms with E-state index >= 15 is 0 Å². The average molecular weight is 333 g/mol. The third kappa shape index (κ3) is 3.37. The first kappa shape index (κ1) is 13.7. The quantitative estimate of drug-likeness (QED) is 0.894. The number of nitrogens with zero attached hydrogens (tertiary/aromatic N) is 1. The topological polar surface area (TPSA) is 48.1 Å². The molecule has 2 N–H and O–H groups in total. The molecule has 0 saturated heterocycles. The summed E-state index contributed by atoms with van der Waals surface area (Å²) in [6, 6.07) is 7.46. The zero-order valence-corrected chi connectivity index (χ0v) is 11.0. The van der Waals surface area contributed by atoms with Crippen LogP contribution in [0.1, 0.15) is 5.69 Å². The van der Waals surface area contributed by atoms with E-state index in [1.165, 1.54) is 0 Å². The lowest BCUT2D eigenvalue weighted by molar-refractivity contribution is -0.141. The number of anilines is 1. The summed E-state index contributed by atoms with van der Waals surface area (Å²) in [5.74, 6) is 0.292. The second-order valence-electron chi connectivity index (χ2n) is 3.66. The lowest BCUT2D eigenvalue weighted by Gasteiger charge is -2.11. The van der Waals surface area contributed by atoms with Crippen LogP contribution in [0.2, 0.25) is 0 Å². The molecule has 0 amide bonds. The van der Waals surface area contributed by atoms with Crippen molar-refractivity contribution in [1.29, 1.82) is 0 Å². The van der Waals surface area contributed by atoms with Crippen LogP contribution in [0.25, 0.3) is 0 Å². The summed E-state index contributed by atoms with van der Waals surface area (Å²) in [7, 11) is 0. The van der Waals surface area contributed by atoms with Crippen molar-refractivity contribution in [3.63, 3.8) is 0 Å². The number of hydrogen-bond donors (Lipinski definition) is 1. The largest absolute Gasteiger partial charge is 0.455 e. The number of ether oxygens (including phenoxy) is 1. The minimum Gasteiger partial charge on any atom is -0.455 e. The molecule has 1 heterocycles. The summed E-state index contributed by atoms with van der Waals surface area (Å²) >= 11 is 3.24. The van der Waals surface area contributed by atoms with E-state index in [1.54, 1.807) is 24.3 Å². The van der Waals surface area contributed by atoms with Gasteiger partial charge in [0, 0.05) is 10.5 Å². The molecule has 3 nitrogen and oxygen atoms in total. The third-order valence-electron chi connectivity index (χ3n) is 2.21. The van der Waals surface area contributed by atoms with Gasteiger partial charge >= 0.3 is 6.18 Å². The van der Waals surface area contributed by atoms with Gasteiger partial charge in [-0.05, 0) is 18.2 Å². The number of pyridine rings is 1. The highest BCUT2D eigenvalue weighted by Gasteiger charge is 2.33. The molecule has 0 radical (unpaired) electrons. The van der Waals surface area contributed by atoms with Crippen molar-refractivity contribution >= 4 is 21.6 Å². The summed E-state index contributed by atoms with van der Waals surface area (Å²) in [6.07, 6.45) is -3.61. The van der Waals surface area contributed by atoms with Crippen molar-refractivity contribution < 1.29 is 17.9 Å². The molecule has 0 saturated carbocycles. The maximum absolute atomic E-state index is 12.5. The third-order valence-corrected chi connectivity index (χ3v) is 2.70. The summed E-state index contributed by atoms with van der Waals surface area (Å²) in [4.78, 5) is 3.23. The number of benzene rings is 1. The molecule has 0 atom stereocenters. The molecule has 1 aromatic carbocycles. The summed E-state index contributed by atoms with van der Waals surface area (Å²) in [6.45, 7) is 0. The van der Waals surface area contributed by atoms with Gasteiger partial charge in [0.1, 0.15) is 11.4 Å². The maximum atomic E-state index is 12.5. The van der Waals surface area contributed by atoms with Gasteiger partial charge in [0.25, 0.3) is 0 Å². The van der Waals surface area contributed by atoms with Crippen LogP contribution < -0.4 is 10.5 Å². The van der Waals surface area contributed by atoms with Crippen molar-refractivity contribution in [2.45, 2.75) is 6.18 Å². The molecule has 2 aromatic rings. The normalized spacial score (nSPS) is 11.4. The van der Waals surface area contributed by atoms with Crippen LogP contribution in [0.3, 0.4) is 0 Å². The molecule has 1 aromatic heterocycles. The Labute approximate surface area is 115 Å². The zero-order chi connectivity index (χ0) is 14.0. The van der Waals surface area contributed by atoms with Gasteiger partial charge in [0.2, 0.25) is 0 Å². The van der Waals surface area contributed by atoms with Gasteiger partial charge in [0.05, 0.1) is 11.9 Å². The van der Waals surface area contributed by atoms with Gasteiger partial charge < -0.3 is 10.5 Å². The van der Waals surface area contributed by atoms with Crippen LogP contribution in [0.4, 0.5) is 18.9 Å². The Hall–Kier alpha value is -1.76. The fourth-order valence-corrected chi connectivity index (χ4v) is 1.73. The van der Waals surface area contributed by atoms with Crippen LogP contribution in [0, 0.1) is 0 Å². The Morgan fingerprint density at radius 2 is 1.95 bits per heavy atom. The second kappa shape index (κ2) is 5.08. The van der Waals surface area contributed by atoms with E-state index < -0.39 is 11.9 Å². The number of aromatic nitrogens is 1. The highest BCUT2D eigenvalue weighted by Crippen LogP contribution is 2.34. The van der Waals surface area contributed by atoms with Gasteiger partial charge in [-0.25, -0.2) is 4.98 Å². The fraction of sp³-hybridized carbons (Fsp3) is 0.0833. The van der Waals surface area contributed by atoms with Crippen LogP contribution in [-0.2, 0) is 6.18 Å². The molecule has 0 bridgehead atoms. The monoisotopic (exact) mass is 332 g/mol. The molecule has 7 heteroatoms. The molecule has 0 aliphatic rings. The second-order valence-corrected chi connectivity index (χ2v) is 4.58. The molecule has 100 valence electrons. The van der Waals surface area contributed by atoms with E-state index in [1.807, 2.05) is 0 Å². The van der Waals surface area contributed by atoms with Crippen LogP contribution >= 0.6 is 15.9 Å². The van der Waals surface area contributed by atoms with Gasteiger partial charge in [-0.15, -0.1) is 0 Å². The summed E-state index contributed by atoms with van der Waals surface area (Å²) in [5.41, 5.74) is 4.54. The van der Waals surface area contributed by atoms with Gasteiger partial charge in [0.15, 0.2) is 5.75 Å². The van der Waals surface area contributed by atoms with Crippen molar-refractivity contribution in [2.24, 2.45) is 0 Å². The first-order valence-electron chi connectivity index (χ1n) is 5.12. The Balaban J connectivity index is 2.34. The molecular weight excluding hydrogens is 325 g/mol. The SMILES string of the molecule is Nc1cnc(C(F)(F)F)cc1Oc1cccc(Br)c1. The van der Waals surface area contributed by atoms with Crippen molar-refractivity contribution in [3.05, 3.63) is 46.7 Å². The van der Waals surface area contributed by atoms with E-state index in [0.717, 1.165) is 16.7 Å². The lowest BCUT2D eigenvalue weighted by Crippen LogP contribution is -2.08. The highest BCUT2D eigenvalue weighted by atomic mass is 79.9. The first-order chi connectivity index (χ1) is 8.86. The predicted molar refractivity (Wildman–Crippen MR) is 67.9 cm³/mol. The Morgan fingerprint density at radius 1 is 1.21 bits per heavy atom. The number of rotatable bonds is 2. The number of nitrogen functional groups attached to an aromatic ring is 1. The van der Waals surface area contributed by atoms with Crippen molar-refractivity contribution in [3.8, 4) is 11.5 Å². The lowest BCUT2D eigenvalue weighted by atomic mass is 10.3. The smallest absolute Gasteiger partial charge is 0.433 e. The Bertz CT molecular complexity index is 602. The van der Waals surface area contributed by atoms with Crippen molar-refractivity contribution in [1.82, 2.24) is 4.98 Å². The van der Waals surface area contributed by atoms with Crippen LogP contribution in [0.15, 0.2) is 41.0 Å². The first-order valence-corrected chi connectivity index (χ1v) is 5.92. The highest BCUT2D eigenvalue weighted by molar-refractivity contribution is 9.10. The zero-order valence-electron chi connectivity index (χ0n) is 9.41. The molecule has 0 aliphatic heterocycles. The number of halogens is 4. The van der Waals surface area contributed by atoms with Crippen molar-refractivity contribution in [2.75, 3.05) is 5.73 Å². The summed E-state index contributed by atoms with van der Waals surface area (Å²) in [5, 5.41) is 0. The van der Waals surface area contributed by atoms with E-state index in [0.29, 0.717) is 5.75 Å². The minimum atomic E-state index is -4.54. The predicted octanol–water partition coefficient (Wildman–Crippen LogP) is 4.24. The van der Waals surface area contributed by atoms with Gasteiger partial charge in [-0.1, -0.05) is 22.0 Å². The van der Waals surface area contributed by atoms with E-state index in [2.05, 4.69) is 20.9 Å². The Kier molecular flexibility index (Phi) is 3.66. The van der Waals surface area contributed by atoms with E-state index in [-0.39, 0.29) is 11.4 Å². The molecule has 0 fully saturated rings. The number of nitrogens with two attached hydrogens (primary N) is 1. The number of hydrogen-bond acceptors (Lipinski definition) is 3. The maximum Gasteiger partial charge on any atom is 0.433 e. The van der Waals surface area contributed by atoms with E-state index in [9.17, 15) is 13.2 Å². The molecule has 0 aliphatic carbocycles. The average Bonchev–Trinajstić information content (AvgIpc) is 2.30. The molecule has 19 heavy (non-hydrogen) atoms. The number of alkyl halides is 3. The van der Waals surface area contributed by atoms with Crippen LogP contribution in [-0.4, -0.2) is 4.98 Å². The Morgan fingerprint density at radius 3 is 2.58 bits per heavy atom. The van der Waals surface area contributed by atoms with E-state index in [4.69, 9.17) is 10.5 Å². The molecule has 2 rings (SSSR count). The molecular formula is C12H8BrF3N2O. The van der Waals surface area contributed by atoms with Crippen LogP contribution in [0.5, 0.6) is 11.5 Å². The van der Waals surface area contributed by atoms with Gasteiger partial charge in [-0.2, -0.15) is 13.2 Å². The fourth-order valence-electron chi connectivity index (χ4n) is 1.35. The van der Waals surface area contributed by atoms with Gasteiger partial charge in [-0.3, -0.25) is 0 Å². The molecule has 0 unspecified atom stereocenters. The standard InChI is InChI=1S/C12H8BrF3N2O/c13-7-2-1-3-8(4-7)19-10-5-11(12(14,15)16)18-6-9(10)17/h1-6H,17H2. The molecule has 0 spiro atoms. The summed E-state index contributed by atoms with van der Waals surface area (Å²) < 4.78 is 43.7. The minimum absolute atomic E-state index is 0.0352.